The van der Waals surface area contributed by atoms with Crippen molar-refractivity contribution in [1.82, 2.24) is 0 Å². The van der Waals surface area contributed by atoms with Crippen molar-refractivity contribution in [3.8, 4) is 0 Å². The zero-order valence-corrected chi connectivity index (χ0v) is 11.5. The van der Waals surface area contributed by atoms with Gasteiger partial charge in [0.15, 0.2) is 0 Å². The average molecular weight is 269 g/mol. The van der Waals surface area contributed by atoms with E-state index >= 15 is 0 Å². The minimum absolute atomic E-state index is 0.137. The van der Waals surface area contributed by atoms with Crippen LogP contribution in [0.5, 0.6) is 0 Å². The van der Waals surface area contributed by atoms with Crippen molar-refractivity contribution in [3.63, 3.8) is 0 Å². The molecule has 0 saturated carbocycles. The molecule has 0 fully saturated rings. The summed E-state index contributed by atoms with van der Waals surface area (Å²) in [5.74, 6) is -0.358. The predicted octanol–water partition coefficient (Wildman–Crippen LogP) is 2.31. The molecule has 0 heterocycles. The number of aliphatic hydroxyl groups excluding tert-OH is 1. The van der Waals surface area contributed by atoms with Crippen LogP contribution in [0.4, 0.5) is 5.69 Å². The molecule has 0 aliphatic rings. The summed E-state index contributed by atoms with van der Waals surface area (Å²) in [4.78, 5) is 12.7. The molecule has 4 nitrogen and oxygen atoms in total. The van der Waals surface area contributed by atoms with E-state index < -0.39 is 0 Å². The largest absolute Gasteiger partial charge is 0.462 e. The van der Waals surface area contributed by atoms with Gasteiger partial charge in [0, 0.05) is 22.4 Å². The van der Waals surface area contributed by atoms with E-state index in [2.05, 4.69) is 0 Å². The molecule has 0 spiro atoms. The summed E-state index contributed by atoms with van der Waals surface area (Å²) in [6.45, 7) is 4.25. The lowest BCUT2D eigenvalue weighted by atomic mass is 10.2. The van der Waals surface area contributed by atoms with Crippen LogP contribution >= 0.6 is 11.8 Å². The fourth-order valence-electron chi connectivity index (χ4n) is 1.48. The van der Waals surface area contributed by atoms with Gasteiger partial charge in [-0.1, -0.05) is 6.92 Å². The summed E-state index contributed by atoms with van der Waals surface area (Å²) < 4.78 is 5.01. The van der Waals surface area contributed by atoms with Crippen molar-refractivity contribution in [2.45, 2.75) is 30.4 Å². The maximum atomic E-state index is 11.8. The fourth-order valence-corrected chi connectivity index (χ4v) is 2.55. The van der Waals surface area contributed by atoms with Crippen molar-refractivity contribution < 1.29 is 14.6 Å². The predicted molar refractivity (Wildman–Crippen MR) is 73.8 cm³/mol. The van der Waals surface area contributed by atoms with E-state index in [1.165, 1.54) is 0 Å². The molecule has 0 radical (unpaired) electrons. The first-order valence-corrected chi connectivity index (χ1v) is 6.80. The van der Waals surface area contributed by atoms with Gasteiger partial charge in [-0.05, 0) is 31.5 Å². The normalized spacial score (nSPS) is 12.2. The van der Waals surface area contributed by atoms with Gasteiger partial charge in [0.05, 0.1) is 12.2 Å². The Morgan fingerprint density at radius 3 is 2.89 bits per heavy atom. The topological polar surface area (TPSA) is 72.5 Å². The van der Waals surface area contributed by atoms with Crippen LogP contribution in [0.1, 0.15) is 30.6 Å². The Labute approximate surface area is 112 Å². The molecule has 1 aromatic carbocycles. The number of thioether (sulfide) groups is 1. The maximum absolute atomic E-state index is 11.8. The Hall–Kier alpha value is -1.20. The first-order valence-electron chi connectivity index (χ1n) is 5.92. The molecule has 0 aliphatic heterocycles. The lowest BCUT2D eigenvalue weighted by Gasteiger charge is -2.13. The molecule has 0 amide bonds. The van der Waals surface area contributed by atoms with E-state index in [0.29, 0.717) is 24.3 Å². The average Bonchev–Trinajstić information content (AvgIpc) is 2.32. The number of nitrogens with two attached hydrogens (primary N) is 1. The molecule has 18 heavy (non-hydrogen) atoms. The summed E-state index contributed by atoms with van der Waals surface area (Å²) >= 11 is 1.54. The van der Waals surface area contributed by atoms with Crippen molar-refractivity contribution in [1.29, 1.82) is 0 Å². The number of anilines is 1. The van der Waals surface area contributed by atoms with Crippen LogP contribution in [0, 0.1) is 0 Å². The Bertz CT molecular complexity index is 409. The molecule has 1 atom stereocenters. The van der Waals surface area contributed by atoms with Crippen LogP contribution in [0.2, 0.25) is 0 Å². The summed E-state index contributed by atoms with van der Waals surface area (Å²) in [5.41, 5.74) is 6.73. The van der Waals surface area contributed by atoms with Crippen LogP contribution < -0.4 is 5.73 Å². The molecular weight excluding hydrogens is 250 g/mol. The molecule has 100 valence electrons. The van der Waals surface area contributed by atoms with Crippen LogP contribution in [0.3, 0.4) is 0 Å². The first-order chi connectivity index (χ1) is 8.58. The Morgan fingerprint density at radius 1 is 1.56 bits per heavy atom. The summed E-state index contributed by atoms with van der Waals surface area (Å²) in [7, 11) is 0. The zero-order valence-electron chi connectivity index (χ0n) is 10.7. The van der Waals surface area contributed by atoms with E-state index in [-0.39, 0.29) is 17.8 Å². The van der Waals surface area contributed by atoms with Gasteiger partial charge in [0.2, 0.25) is 0 Å². The van der Waals surface area contributed by atoms with Gasteiger partial charge in [-0.15, -0.1) is 11.8 Å². The Morgan fingerprint density at radius 2 is 2.28 bits per heavy atom. The van der Waals surface area contributed by atoms with Gasteiger partial charge in [-0.25, -0.2) is 4.79 Å². The molecule has 1 aromatic rings. The minimum atomic E-state index is -0.358. The maximum Gasteiger partial charge on any atom is 0.339 e. The molecule has 1 rings (SSSR count). The van der Waals surface area contributed by atoms with Crippen LogP contribution in [0.15, 0.2) is 23.1 Å². The van der Waals surface area contributed by atoms with Crippen LogP contribution in [0.25, 0.3) is 0 Å². The second-order valence-electron chi connectivity index (χ2n) is 3.92. The van der Waals surface area contributed by atoms with Gasteiger partial charge in [0.1, 0.15) is 0 Å². The van der Waals surface area contributed by atoms with Crippen molar-refractivity contribution >= 4 is 23.4 Å². The molecule has 5 heteroatoms. The number of rotatable bonds is 6. The highest BCUT2D eigenvalue weighted by Gasteiger charge is 2.15. The van der Waals surface area contributed by atoms with E-state index in [1.54, 1.807) is 30.8 Å². The van der Waals surface area contributed by atoms with Crippen LogP contribution in [-0.2, 0) is 4.74 Å². The first kappa shape index (κ1) is 14.9. The number of nitrogen functional groups attached to an aromatic ring is 1. The zero-order chi connectivity index (χ0) is 13.5. The monoisotopic (exact) mass is 269 g/mol. The quantitative estimate of drug-likeness (QED) is 0.471. The molecule has 0 aliphatic carbocycles. The smallest absolute Gasteiger partial charge is 0.339 e. The highest BCUT2D eigenvalue weighted by atomic mass is 32.2. The van der Waals surface area contributed by atoms with E-state index in [9.17, 15) is 4.79 Å². The SMILES string of the molecule is CCOC(=O)c1cc(N)ccc1SC(C)CCO. The molecule has 0 bridgehead atoms. The highest BCUT2D eigenvalue weighted by molar-refractivity contribution is 8.00. The Kier molecular flexibility index (Phi) is 6.01. The van der Waals surface area contributed by atoms with Gasteiger partial charge >= 0.3 is 5.97 Å². The van der Waals surface area contributed by atoms with Gasteiger partial charge in [-0.3, -0.25) is 0 Å². The number of benzene rings is 1. The summed E-state index contributed by atoms with van der Waals surface area (Å²) in [6.07, 6.45) is 0.678. The number of hydrogen-bond donors (Lipinski definition) is 2. The number of hydrogen-bond acceptors (Lipinski definition) is 5. The number of esters is 1. The molecular formula is C13H19NO3S. The van der Waals surface area contributed by atoms with Crippen molar-refractivity contribution in [2.24, 2.45) is 0 Å². The molecule has 0 aromatic heterocycles. The third-order valence-electron chi connectivity index (χ3n) is 2.36. The van der Waals surface area contributed by atoms with Crippen molar-refractivity contribution in [2.75, 3.05) is 18.9 Å². The molecule has 0 saturated heterocycles. The second-order valence-corrected chi connectivity index (χ2v) is 5.40. The Balaban J connectivity index is 2.92. The van der Waals surface area contributed by atoms with Crippen molar-refractivity contribution in [3.05, 3.63) is 23.8 Å². The number of ether oxygens (including phenoxy) is 1. The van der Waals surface area contributed by atoms with Gasteiger partial charge in [0.25, 0.3) is 0 Å². The molecule has 1 unspecified atom stereocenters. The highest BCUT2D eigenvalue weighted by Crippen LogP contribution is 2.30. The second kappa shape index (κ2) is 7.28. The van der Waals surface area contributed by atoms with Crippen LogP contribution in [-0.4, -0.2) is 29.5 Å². The van der Waals surface area contributed by atoms with E-state index in [0.717, 1.165) is 4.90 Å². The third-order valence-corrected chi connectivity index (χ3v) is 3.61. The van der Waals surface area contributed by atoms with E-state index in [4.69, 9.17) is 15.6 Å². The third kappa shape index (κ3) is 4.23. The lowest BCUT2D eigenvalue weighted by molar-refractivity contribution is 0.0522. The van der Waals surface area contributed by atoms with Gasteiger partial charge < -0.3 is 15.6 Å². The summed E-state index contributed by atoms with van der Waals surface area (Å²) in [5, 5.41) is 9.13. The summed E-state index contributed by atoms with van der Waals surface area (Å²) in [6, 6.07) is 5.21. The number of carbonyl (C=O) groups is 1. The number of carbonyl (C=O) groups excluding carboxylic acids is 1. The fraction of sp³-hybridized carbons (Fsp3) is 0.462. The lowest BCUT2D eigenvalue weighted by Crippen LogP contribution is -2.08. The molecule has 3 N–H and O–H groups in total. The van der Waals surface area contributed by atoms with E-state index in [1.807, 2.05) is 13.0 Å². The van der Waals surface area contributed by atoms with Gasteiger partial charge in [-0.2, -0.15) is 0 Å². The number of aliphatic hydroxyl groups is 1. The standard InChI is InChI=1S/C13H19NO3S/c1-3-17-13(16)11-8-10(14)4-5-12(11)18-9(2)6-7-15/h4-5,8-9,15H,3,6-7,14H2,1-2H3. The minimum Gasteiger partial charge on any atom is -0.462 e.